The van der Waals surface area contributed by atoms with Crippen LogP contribution in [0.15, 0.2) is 12.4 Å². The van der Waals surface area contributed by atoms with Gasteiger partial charge in [-0.15, -0.1) is 0 Å². The molecule has 0 unspecified atom stereocenters. The molecule has 0 radical (unpaired) electrons. The molecule has 0 N–H and O–H groups in total. The van der Waals surface area contributed by atoms with Crippen LogP contribution in [0.2, 0.25) is 0 Å². The number of rotatable bonds is 4. The number of nitrogens with zero attached hydrogens (tertiary/aromatic N) is 4. The maximum absolute atomic E-state index is 12.0. The zero-order valence-corrected chi connectivity index (χ0v) is 9.89. The first kappa shape index (κ1) is 11.4. The topological polar surface area (TPSA) is 87.1 Å². The van der Waals surface area contributed by atoms with Gasteiger partial charge in [0.15, 0.2) is 5.69 Å². The minimum atomic E-state index is -0.384. The van der Waals surface area contributed by atoms with Gasteiger partial charge in [-0.05, 0) is 0 Å². The number of hydrogen-bond acceptors (Lipinski definition) is 8. The molecule has 0 aromatic carbocycles. The zero-order chi connectivity index (χ0) is 12.3. The molecule has 2 rings (SSSR count). The third-order valence-corrected chi connectivity index (χ3v) is 2.41. The molecule has 0 aliphatic carbocycles. The van der Waals surface area contributed by atoms with Crippen molar-refractivity contribution in [3.8, 4) is 11.8 Å². The zero-order valence-electron chi connectivity index (χ0n) is 9.08. The molecule has 2 aromatic rings. The summed E-state index contributed by atoms with van der Waals surface area (Å²) in [5, 5.41) is 0. The van der Waals surface area contributed by atoms with Crippen LogP contribution >= 0.6 is 11.7 Å². The second-order valence-corrected chi connectivity index (χ2v) is 3.45. The lowest BCUT2D eigenvalue weighted by Gasteiger charge is -2.05. The first-order valence-corrected chi connectivity index (χ1v) is 5.26. The molecule has 0 amide bonds. The van der Waals surface area contributed by atoms with Crippen molar-refractivity contribution in [1.82, 2.24) is 18.7 Å². The van der Waals surface area contributed by atoms with Crippen molar-refractivity contribution in [2.24, 2.45) is 0 Å². The second-order valence-electron chi connectivity index (χ2n) is 2.89. The normalized spacial score (nSPS) is 10.0. The van der Waals surface area contributed by atoms with Gasteiger partial charge in [-0.3, -0.25) is 4.79 Å². The molecule has 0 saturated carbocycles. The number of methoxy groups -OCH3 is 2. The SMILES string of the molecule is COc1cnc(C(=O)c2cnsn2)c(OC)n1. The summed E-state index contributed by atoms with van der Waals surface area (Å²) >= 11 is 0.949. The molecule has 2 aromatic heterocycles. The molecule has 17 heavy (non-hydrogen) atoms. The Morgan fingerprint density at radius 2 is 2.12 bits per heavy atom. The van der Waals surface area contributed by atoms with Gasteiger partial charge in [0.1, 0.15) is 5.69 Å². The maximum Gasteiger partial charge on any atom is 0.247 e. The van der Waals surface area contributed by atoms with Crippen LogP contribution in [0.5, 0.6) is 11.8 Å². The van der Waals surface area contributed by atoms with Crippen molar-refractivity contribution in [2.75, 3.05) is 14.2 Å². The number of aromatic nitrogens is 4. The lowest BCUT2D eigenvalue weighted by atomic mass is 10.2. The van der Waals surface area contributed by atoms with Crippen molar-refractivity contribution < 1.29 is 14.3 Å². The minimum absolute atomic E-state index is 0.0843. The van der Waals surface area contributed by atoms with Gasteiger partial charge in [0.2, 0.25) is 17.5 Å². The predicted octanol–water partition coefficient (Wildman–Crippen LogP) is 0.576. The summed E-state index contributed by atoms with van der Waals surface area (Å²) in [6.45, 7) is 0. The molecule has 2 heterocycles. The third-order valence-electron chi connectivity index (χ3n) is 1.93. The van der Waals surface area contributed by atoms with Crippen molar-refractivity contribution in [2.45, 2.75) is 0 Å². The first-order chi connectivity index (χ1) is 8.26. The van der Waals surface area contributed by atoms with Crippen molar-refractivity contribution >= 4 is 17.5 Å². The fraction of sp³-hybridized carbons (Fsp3) is 0.222. The summed E-state index contributed by atoms with van der Waals surface area (Å²) in [4.78, 5) is 19.9. The van der Waals surface area contributed by atoms with Crippen LogP contribution in [-0.2, 0) is 0 Å². The van der Waals surface area contributed by atoms with Gasteiger partial charge in [-0.2, -0.15) is 13.7 Å². The number of ketones is 1. The molecule has 8 heteroatoms. The Morgan fingerprint density at radius 1 is 1.29 bits per heavy atom. The molecule has 7 nitrogen and oxygen atoms in total. The van der Waals surface area contributed by atoms with Crippen molar-refractivity contribution in [3.05, 3.63) is 23.8 Å². The predicted molar refractivity (Wildman–Crippen MR) is 58.5 cm³/mol. The van der Waals surface area contributed by atoms with Crippen LogP contribution < -0.4 is 9.47 Å². The summed E-state index contributed by atoms with van der Waals surface area (Å²) in [5.74, 6) is -0.0112. The average Bonchev–Trinajstić information content (AvgIpc) is 2.91. The van der Waals surface area contributed by atoms with E-state index in [1.165, 1.54) is 26.6 Å². The quantitative estimate of drug-likeness (QED) is 0.735. The van der Waals surface area contributed by atoms with Crippen LogP contribution in [0, 0.1) is 0 Å². The molecule has 0 saturated heterocycles. The number of carbonyl (C=O) groups excluding carboxylic acids is 1. The monoisotopic (exact) mass is 252 g/mol. The largest absolute Gasteiger partial charge is 0.480 e. The van der Waals surface area contributed by atoms with Crippen LogP contribution in [0.3, 0.4) is 0 Å². The summed E-state index contributed by atoms with van der Waals surface area (Å²) in [6, 6.07) is 0. The van der Waals surface area contributed by atoms with Gasteiger partial charge in [-0.25, -0.2) is 4.98 Å². The Hall–Kier alpha value is -2.09. The van der Waals surface area contributed by atoms with E-state index < -0.39 is 0 Å². The fourth-order valence-corrected chi connectivity index (χ4v) is 1.55. The lowest BCUT2D eigenvalue weighted by molar-refractivity contribution is 0.102. The maximum atomic E-state index is 12.0. The molecule has 0 aliphatic heterocycles. The molecule has 0 bridgehead atoms. The van der Waals surface area contributed by atoms with E-state index in [1.807, 2.05) is 0 Å². The third kappa shape index (κ3) is 2.21. The molecule has 0 spiro atoms. The number of carbonyl (C=O) groups is 1. The van der Waals surface area contributed by atoms with E-state index in [0.717, 1.165) is 11.7 Å². The van der Waals surface area contributed by atoms with Gasteiger partial charge in [0.05, 0.1) is 38.3 Å². The molecule has 0 atom stereocenters. The summed E-state index contributed by atoms with van der Waals surface area (Å²) < 4.78 is 17.5. The highest BCUT2D eigenvalue weighted by molar-refractivity contribution is 6.99. The van der Waals surface area contributed by atoms with E-state index in [9.17, 15) is 4.79 Å². The van der Waals surface area contributed by atoms with Crippen LogP contribution in [0.4, 0.5) is 0 Å². The van der Waals surface area contributed by atoms with Crippen LogP contribution in [-0.4, -0.2) is 38.7 Å². The van der Waals surface area contributed by atoms with Crippen LogP contribution in [0.1, 0.15) is 16.2 Å². The second kappa shape index (κ2) is 4.83. The van der Waals surface area contributed by atoms with Gasteiger partial charge in [0, 0.05) is 0 Å². The highest BCUT2D eigenvalue weighted by atomic mass is 32.1. The summed E-state index contributed by atoms with van der Waals surface area (Å²) in [6.07, 6.45) is 2.72. The van der Waals surface area contributed by atoms with E-state index in [4.69, 9.17) is 9.47 Å². The molecule has 88 valence electrons. The smallest absolute Gasteiger partial charge is 0.247 e. The first-order valence-electron chi connectivity index (χ1n) is 4.53. The van der Waals surface area contributed by atoms with E-state index in [2.05, 4.69) is 18.7 Å². The molecule has 0 fully saturated rings. The van der Waals surface area contributed by atoms with Gasteiger partial charge in [-0.1, -0.05) is 0 Å². The molecule has 0 aliphatic rings. The summed E-state index contributed by atoms with van der Waals surface area (Å²) in [7, 11) is 2.86. The van der Waals surface area contributed by atoms with Crippen LogP contribution in [0.25, 0.3) is 0 Å². The standard InChI is InChI=1S/C9H8N4O3S/c1-15-6-4-10-7(9(12-6)16-2)8(14)5-3-11-17-13-5/h3-4H,1-2H3. The Labute approximate surface area is 101 Å². The van der Waals surface area contributed by atoms with Gasteiger partial charge >= 0.3 is 0 Å². The molecular weight excluding hydrogens is 244 g/mol. The Kier molecular flexibility index (Phi) is 3.24. The van der Waals surface area contributed by atoms with E-state index >= 15 is 0 Å². The van der Waals surface area contributed by atoms with Crippen molar-refractivity contribution in [3.63, 3.8) is 0 Å². The van der Waals surface area contributed by atoms with Crippen molar-refractivity contribution in [1.29, 1.82) is 0 Å². The highest BCUT2D eigenvalue weighted by Crippen LogP contribution is 2.19. The number of hydrogen-bond donors (Lipinski definition) is 0. The van der Waals surface area contributed by atoms with E-state index in [1.54, 1.807) is 0 Å². The Bertz CT molecular complexity index is 529. The lowest BCUT2D eigenvalue weighted by Crippen LogP contribution is -2.09. The van der Waals surface area contributed by atoms with Gasteiger partial charge in [0.25, 0.3) is 0 Å². The minimum Gasteiger partial charge on any atom is -0.480 e. The number of ether oxygens (including phenoxy) is 2. The molecular formula is C9H8N4O3S. The summed E-state index contributed by atoms with van der Waals surface area (Å²) in [5.41, 5.74) is 0.300. The van der Waals surface area contributed by atoms with E-state index in [0.29, 0.717) is 0 Å². The Balaban J connectivity index is 2.41. The van der Waals surface area contributed by atoms with E-state index in [-0.39, 0.29) is 28.9 Å². The average molecular weight is 252 g/mol. The van der Waals surface area contributed by atoms with Gasteiger partial charge < -0.3 is 9.47 Å². The Morgan fingerprint density at radius 3 is 2.71 bits per heavy atom. The fourth-order valence-electron chi connectivity index (χ4n) is 1.14. The highest BCUT2D eigenvalue weighted by Gasteiger charge is 2.20.